The molecule has 1 aliphatic heterocycles. The van der Waals surface area contributed by atoms with Gasteiger partial charge >= 0.3 is 0 Å². The van der Waals surface area contributed by atoms with Crippen LogP contribution < -0.4 is 0 Å². The van der Waals surface area contributed by atoms with E-state index in [0.717, 1.165) is 25.2 Å². The van der Waals surface area contributed by atoms with Crippen LogP contribution in [-0.4, -0.2) is 38.8 Å². The van der Waals surface area contributed by atoms with Crippen LogP contribution in [0.2, 0.25) is 0 Å². The van der Waals surface area contributed by atoms with Crippen LogP contribution in [0.3, 0.4) is 0 Å². The molecule has 6 heteroatoms. The lowest BCUT2D eigenvalue weighted by Crippen LogP contribution is -2.51. The molecule has 0 spiro atoms. The van der Waals surface area contributed by atoms with Crippen LogP contribution in [0.4, 0.5) is 0 Å². The Morgan fingerprint density at radius 3 is 2.84 bits per heavy atom. The zero-order valence-electron chi connectivity index (χ0n) is 11.0. The van der Waals surface area contributed by atoms with Crippen LogP contribution in [0.1, 0.15) is 21.8 Å². The molecule has 19 heavy (non-hydrogen) atoms. The highest BCUT2D eigenvalue weighted by Gasteiger charge is 2.32. The topological polar surface area (TPSA) is 64.2 Å². The van der Waals surface area contributed by atoms with Gasteiger partial charge in [-0.05, 0) is 19.4 Å². The van der Waals surface area contributed by atoms with Crippen LogP contribution in [0, 0.1) is 19.8 Å². The summed E-state index contributed by atoms with van der Waals surface area (Å²) >= 11 is 0. The highest BCUT2D eigenvalue weighted by molar-refractivity contribution is 5.92. The van der Waals surface area contributed by atoms with Gasteiger partial charge in [0.2, 0.25) is 0 Å². The average Bonchev–Trinajstić information content (AvgIpc) is 2.91. The van der Waals surface area contributed by atoms with Gasteiger partial charge in [0.15, 0.2) is 5.69 Å². The first-order valence-electron chi connectivity index (χ1n) is 6.33. The molecule has 3 heterocycles. The number of nitrogens with zero attached hydrogens (tertiary/aromatic N) is 4. The molecule has 1 aliphatic rings. The molecule has 6 nitrogen and oxygen atoms in total. The molecule has 2 aromatic heterocycles. The van der Waals surface area contributed by atoms with Gasteiger partial charge in [0.1, 0.15) is 5.76 Å². The van der Waals surface area contributed by atoms with Gasteiger partial charge in [-0.15, -0.1) is 0 Å². The van der Waals surface area contributed by atoms with E-state index in [1.165, 1.54) is 0 Å². The van der Waals surface area contributed by atoms with E-state index < -0.39 is 0 Å². The maximum Gasteiger partial charge on any atom is 0.276 e. The predicted molar refractivity (Wildman–Crippen MR) is 67.6 cm³/mol. The number of hydrogen-bond acceptors (Lipinski definition) is 4. The van der Waals surface area contributed by atoms with Crippen LogP contribution in [-0.2, 0) is 6.54 Å². The Kier molecular flexibility index (Phi) is 2.85. The molecule has 0 radical (unpaired) electrons. The number of carbonyl (C=O) groups excluding carboxylic acids is 1. The number of aromatic nitrogens is 3. The Bertz CT molecular complexity index is 595. The largest absolute Gasteiger partial charge is 0.361 e. The van der Waals surface area contributed by atoms with Crippen molar-refractivity contribution in [1.82, 2.24) is 19.8 Å². The molecule has 0 aromatic carbocycles. The minimum Gasteiger partial charge on any atom is -0.361 e. The first kappa shape index (κ1) is 12.0. The van der Waals surface area contributed by atoms with Gasteiger partial charge in [0, 0.05) is 37.8 Å². The molecule has 0 bridgehead atoms. The monoisotopic (exact) mass is 260 g/mol. The maximum absolute atomic E-state index is 12.0. The molecular formula is C13H16N4O2. The SMILES string of the molecule is Cc1cnn(CC2CN(C(=O)c3cc(C)on3)C2)c1. The summed E-state index contributed by atoms with van der Waals surface area (Å²) in [5, 5.41) is 8.00. The van der Waals surface area contributed by atoms with Crippen LogP contribution in [0.25, 0.3) is 0 Å². The first-order valence-corrected chi connectivity index (χ1v) is 6.33. The van der Waals surface area contributed by atoms with Gasteiger partial charge in [-0.2, -0.15) is 5.10 Å². The molecule has 100 valence electrons. The lowest BCUT2D eigenvalue weighted by molar-refractivity contribution is 0.0451. The van der Waals surface area contributed by atoms with Crippen molar-refractivity contribution in [2.75, 3.05) is 13.1 Å². The second kappa shape index (κ2) is 4.53. The van der Waals surface area contributed by atoms with Crippen molar-refractivity contribution >= 4 is 5.91 Å². The Morgan fingerprint density at radius 1 is 1.47 bits per heavy atom. The summed E-state index contributed by atoms with van der Waals surface area (Å²) in [7, 11) is 0. The zero-order valence-corrected chi connectivity index (χ0v) is 11.0. The van der Waals surface area contributed by atoms with Crippen LogP contribution in [0.15, 0.2) is 23.0 Å². The van der Waals surface area contributed by atoms with Crippen molar-refractivity contribution in [3.05, 3.63) is 35.5 Å². The molecule has 1 saturated heterocycles. The van der Waals surface area contributed by atoms with Crippen molar-refractivity contribution in [3.63, 3.8) is 0 Å². The number of amides is 1. The normalized spacial score (nSPS) is 15.6. The van der Waals surface area contributed by atoms with Gasteiger partial charge in [-0.25, -0.2) is 0 Å². The summed E-state index contributed by atoms with van der Waals surface area (Å²) in [4.78, 5) is 13.8. The standard InChI is InChI=1S/C13H16N4O2/c1-9-4-14-17(5-9)8-11-6-16(7-11)13(18)12-3-10(2)19-15-12/h3-5,11H,6-8H2,1-2H3. The fraction of sp³-hybridized carbons (Fsp3) is 0.462. The number of rotatable bonds is 3. The number of aryl methyl sites for hydroxylation is 2. The number of hydrogen-bond donors (Lipinski definition) is 0. The van der Waals surface area contributed by atoms with Crippen molar-refractivity contribution in [3.8, 4) is 0 Å². The van der Waals surface area contributed by atoms with E-state index in [-0.39, 0.29) is 5.91 Å². The van der Waals surface area contributed by atoms with Crippen molar-refractivity contribution in [1.29, 1.82) is 0 Å². The fourth-order valence-electron chi connectivity index (χ4n) is 2.31. The van der Waals surface area contributed by atoms with E-state index in [2.05, 4.69) is 10.3 Å². The second-order valence-corrected chi connectivity index (χ2v) is 5.14. The van der Waals surface area contributed by atoms with Gasteiger partial charge in [0.25, 0.3) is 5.91 Å². The maximum atomic E-state index is 12.0. The summed E-state index contributed by atoms with van der Waals surface area (Å²) in [6, 6.07) is 1.67. The van der Waals surface area contributed by atoms with Crippen molar-refractivity contribution in [2.24, 2.45) is 5.92 Å². The quantitative estimate of drug-likeness (QED) is 0.833. The average molecular weight is 260 g/mol. The molecule has 3 rings (SSSR count). The van der Waals surface area contributed by atoms with E-state index in [4.69, 9.17) is 4.52 Å². The molecule has 0 unspecified atom stereocenters. The third-order valence-corrected chi connectivity index (χ3v) is 3.30. The summed E-state index contributed by atoms with van der Waals surface area (Å²) in [5.74, 6) is 1.08. The minimum atomic E-state index is -0.0512. The molecule has 0 atom stereocenters. The predicted octanol–water partition coefficient (Wildman–Crippen LogP) is 1.26. The number of carbonyl (C=O) groups is 1. The smallest absolute Gasteiger partial charge is 0.276 e. The molecule has 1 amide bonds. The Balaban J connectivity index is 1.54. The number of likely N-dealkylation sites (tertiary alicyclic amines) is 1. The molecule has 0 saturated carbocycles. The zero-order chi connectivity index (χ0) is 13.4. The molecule has 0 N–H and O–H groups in total. The van der Waals surface area contributed by atoms with Gasteiger partial charge in [-0.3, -0.25) is 9.48 Å². The summed E-state index contributed by atoms with van der Waals surface area (Å²) in [6.07, 6.45) is 3.87. The highest BCUT2D eigenvalue weighted by atomic mass is 16.5. The van der Waals surface area contributed by atoms with E-state index in [9.17, 15) is 4.79 Å². The molecule has 0 aliphatic carbocycles. The third kappa shape index (κ3) is 2.38. The third-order valence-electron chi connectivity index (χ3n) is 3.30. The Morgan fingerprint density at radius 2 is 2.26 bits per heavy atom. The molecule has 1 fully saturated rings. The van der Waals surface area contributed by atoms with Crippen LogP contribution in [0.5, 0.6) is 0 Å². The van der Waals surface area contributed by atoms with E-state index in [1.54, 1.807) is 17.9 Å². The lowest BCUT2D eigenvalue weighted by atomic mass is 10.00. The fourth-order valence-corrected chi connectivity index (χ4v) is 2.31. The van der Waals surface area contributed by atoms with Crippen molar-refractivity contribution in [2.45, 2.75) is 20.4 Å². The lowest BCUT2D eigenvalue weighted by Gasteiger charge is -2.38. The summed E-state index contributed by atoms with van der Waals surface area (Å²) in [6.45, 7) is 6.17. The van der Waals surface area contributed by atoms with Crippen LogP contribution >= 0.6 is 0 Å². The van der Waals surface area contributed by atoms with Crippen molar-refractivity contribution < 1.29 is 9.32 Å². The van der Waals surface area contributed by atoms with Gasteiger partial charge < -0.3 is 9.42 Å². The van der Waals surface area contributed by atoms with E-state index in [1.807, 2.05) is 24.0 Å². The second-order valence-electron chi connectivity index (χ2n) is 5.14. The first-order chi connectivity index (χ1) is 9.11. The molecular weight excluding hydrogens is 244 g/mol. The minimum absolute atomic E-state index is 0.0512. The van der Waals surface area contributed by atoms with Gasteiger partial charge in [-0.1, -0.05) is 5.16 Å². The van der Waals surface area contributed by atoms with E-state index in [0.29, 0.717) is 17.4 Å². The highest BCUT2D eigenvalue weighted by Crippen LogP contribution is 2.20. The molecule has 2 aromatic rings. The summed E-state index contributed by atoms with van der Waals surface area (Å²) in [5.41, 5.74) is 1.55. The van der Waals surface area contributed by atoms with Gasteiger partial charge in [0.05, 0.1) is 6.20 Å². The Hall–Kier alpha value is -2.11. The summed E-state index contributed by atoms with van der Waals surface area (Å²) < 4.78 is 6.85. The Labute approximate surface area is 111 Å². The van der Waals surface area contributed by atoms with E-state index >= 15 is 0 Å².